The number of hydrogen-bond donors (Lipinski definition) is 3. The van der Waals surface area contributed by atoms with Gasteiger partial charge in [-0.15, -0.1) is 11.3 Å². The molecule has 0 aliphatic carbocycles. The van der Waals surface area contributed by atoms with Crippen LogP contribution in [0.3, 0.4) is 0 Å². The molecule has 0 bridgehead atoms. The number of aromatic nitrogens is 2. The lowest BCUT2D eigenvalue weighted by Gasteiger charge is -2.29. The number of amides is 2. The number of carboxylic acid groups (broad SMARTS) is 1. The summed E-state index contributed by atoms with van der Waals surface area (Å²) in [5.74, 6) is -1.69. The van der Waals surface area contributed by atoms with E-state index in [1.54, 1.807) is 12.1 Å². The van der Waals surface area contributed by atoms with Crippen LogP contribution in [-0.2, 0) is 17.8 Å². The summed E-state index contributed by atoms with van der Waals surface area (Å²) >= 11 is 7.15. The van der Waals surface area contributed by atoms with E-state index in [0.29, 0.717) is 27.5 Å². The molecule has 1 aliphatic rings. The smallest absolute Gasteiger partial charge is 0.335 e. The number of nitrogens with zero attached hydrogens (tertiary/aromatic N) is 3. The number of aromatic carboxylic acids is 1. The molecule has 9 nitrogen and oxygen atoms in total. The molecule has 0 atom stereocenters. The molecule has 0 spiro atoms. The Morgan fingerprint density at radius 2 is 2.00 bits per heavy atom. The van der Waals surface area contributed by atoms with E-state index in [9.17, 15) is 19.5 Å². The SMILES string of the molecule is CC(C)N1CCc2nc(C(=O)Nc3cc(C(=O)O)ccc3/C=C/C(=O)Nc3ccc(Cl)cn3)sc2C1. The molecule has 1 aliphatic heterocycles. The van der Waals surface area contributed by atoms with Gasteiger partial charge in [0.1, 0.15) is 5.82 Å². The lowest BCUT2D eigenvalue weighted by Crippen LogP contribution is -2.35. The molecule has 186 valence electrons. The van der Waals surface area contributed by atoms with Crippen molar-refractivity contribution in [2.45, 2.75) is 32.9 Å². The van der Waals surface area contributed by atoms with Gasteiger partial charge in [0.05, 0.1) is 16.3 Å². The van der Waals surface area contributed by atoms with Crippen LogP contribution in [0.4, 0.5) is 11.5 Å². The Kier molecular flexibility index (Phi) is 7.78. The maximum atomic E-state index is 13.0. The van der Waals surface area contributed by atoms with Crippen molar-refractivity contribution in [3.63, 3.8) is 0 Å². The number of carboxylic acids is 1. The zero-order valence-corrected chi connectivity index (χ0v) is 21.2. The summed E-state index contributed by atoms with van der Waals surface area (Å²) < 4.78 is 0. The van der Waals surface area contributed by atoms with Crippen molar-refractivity contribution >= 4 is 58.3 Å². The van der Waals surface area contributed by atoms with E-state index >= 15 is 0 Å². The van der Waals surface area contributed by atoms with Crippen molar-refractivity contribution in [2.75, 3.05) is 17.2 Å². The second kappa shape index (κ2) is 11.0. The number of halogens is 1. The van der Waals surface area contributed by atoms with Crippen LogP contribution in [0, 0.1) is 0 Å². The van der Waals surface area contributed by atoms with Gasteiger partial charge in [0.15, 0.2) is 5.01 Å². The van der Waals surface area contributed by atoms with Gasteiger partial charge in [-0.2, -0.15) is 0 Å². The number of carbonyl (C=O) groups is 3. The third-order valence-corrected chi connectivity index (χ3v) is 6.93. The van der Waals surface area contributed by atoms with Crippen LogP contribution in [0.1, 0.15) is 50.1 Å². The molecule has 3 aromatic rings. The Bertz CT molecular complexity index is 1340. The van der Waals surface area contributed by atoms with E-state index in [1.807, 2.05) is 0 Å². The second-order valence-corrected chi connectivity index (χ2v) is 9.97. The molecule has 0 fully saturated rings. The maximum Gasteiger partial charge on any atom is 0.335 e. The number of carbonyl (C=O) groups excluding carboxylic acids is 2. The fraction of sp³-hybridized carbons (Fsp3) is 0.240. The number of nitrogens with one attached hydrogen (secondary N) is 2. The van der Waals surface area contributed by atoms with E-state index < -0.39 is 17.8 Å². The highest BCUT2D eigenvalue weighted by atomic mass is 35.5. The number of pyridine rings is 1. The fourth-order valence-corrected chi connectivity index (χ4v) is 4.80. The van der Waals surface area contributed by atoms with E-state index in [0.717, 1.165) is 30.1 Å². The van der Waals surface area contributed by atoms with E-state index in [-0.39, 0.29) is 11.3 Å². The van der Waals surface area contributed by atoms with Crippen LogP contribution < -0.4 is 10.6 Å². The van der Waals surface area contributed by atoms with Gasteiger partial charge in [-0.25, -0.2) is 14.8 Å². The lowest BCUT2D eigenvalue weighted by atomic mass is 10.1. The maximum absolute atomic E-state index is 13.0. The number of benzene rings is 1. The minimum Gasteiger partial charge on any atom is -0.478 e. The highest BCUT2D eigenvalue weighted by Crippen LogP contribution is 2.28. The number of thiazole rings is 1. The molecule has 0 saturated carbocycles. The van der Waals surface area contributed by atoms with Gasteiger partial charge in [-0.05, 0) is 49.8 Å². The average molecular weight is 526 g/mol. The first-order valence-corrected chi connectivity index (χ1v) is 12.4. The van der Waals surface area contributed by atoms with Crippen molar-refractivity contribution in [2.24, 2.45) is 0 Å². The summed E-state index contributed by atoms with van der Waals surface area (Å²) in [5.41, 5.74) is 1.64. The predicted octanol–water partition coefficient (Wildman–Crippen LogP) is 4.56. The summed E-state index contributed by atoms with van der Waals surface area (Å²) in [6, 6.07) is 7.85. The summed E-state index contributed by atoms with van der Waals surface area (Å²) in [6.45, 7) is 5.91. The molecular weight excluding hydrogens is 502 g/mol. The minimum absolute atomic E-state index is 0.00303. The van der Waals surface area contributed by atoms with Gasteiger partial charge in [0, 0.05) is 48.4 Å². The third kappa shape index (κ3) is 6.14. The lowest BCUT2D eigenvalue weighted by molar-refractivity contribution is -0.111. The standard InChI is InChI=1S/C25H24ClN5O4S/c1-14(2)31-10-9-18-20(13-31)36-24(29-18)23(33)28-19-11-16(25(34)35)4-3-15(19)5-8-22(32)30-21-7-6-17(26)12-27-21/h3-8,11-12,14H,9-10,13H2,1-2H3,(H,28,33)(H,34,35)(H,27,30,32)/b8-5+. The highest BCUT2D eigenvalue weighted by molar-refractivity contribution is 7.13. The topological polar surface area (TPSA) is 125 Å². The minimum atomic E-state index is -1.13. The van der Waals surface area contributed by atoms with Crippen LogP contribution in [0.5, 0.6) is 0 Å². The van der Waals surface area contributed by atoms with Crippen LogP contribution in [0.25, 0.3) is 6.08 Å². The highest BCUT2D eigenvalue weighted by Gasteiger charge is 2.24. The van der Waals surface area contributed by atoms with E-state index in [1.165, 1.54) is 47.9 Å². The zero-order valence-electron chi connectivity index (χ0n) is 19.6. The van der Waals surface area contributed by atoms with E-state index in [2.05, 4.69) is 39.3 Å². The first-order valence-electron chi connectivity index (χ1n) is 11.2. The molecule has 0 unspecified atom stereocenters. The normalized spacial score (nSPS) is 13.6. The van der Waals surface area contributed by atoms with Crippen LogP contribution in [0.15, 0.2) is 42.6 Å². The van der Waals surface area contributed by atoms with Gasteiger partial charge in [-0.1, -0.05) is 17.7 Å². The number of fused-ring (bicyclic) bond motifs is 1. The third-order valence-electron chi connectivity index (χ3n) is 5.63. The Hall–Kier alpha value is -3.60. The van der Waals surface area contributed by atoms with E-state index in [4.69, 9.17) is 11.6 Å². The molecule has 3 N–H and O–H groups in total. The molecule has 2 amide bonds. The average Bonchev–Trinajstić information content (AvgIpc) is 3.28. The van der Waals surface area contributed by atoms with Crippen molar-refractivity contribution in [3.8, 4) is 0 Å². The van der Waals surface area contributed by atoms with Gasteiger partial charge in [-0.3, -0.25) is 14.5 Å². The summed E-state index contributed by atoms with van der Waals surface area (Å²) in [5, 5.41) is 15.5. The molecule has 0 saturated heterocycles. The molecule has 11 heteroatoms. The summed E-state index contributed by atoms with van der Waals surface area (Å²) in [4.78, 5) is 48.8. The van der Waals surface area contributed by atoms with Crippen molar-refractivity contribution in [3.05, 3.63) is 74.3 Å². The molecule has 0 radical (unpaired) electrons. The fourth-order valence-electron chi connectivity index (χ4n) is 3.65. The predicted molar refractivity (Wildman–Crippen MR) is 140 cm³/mol. The largest absolute Gasteiger partial charge is 0.478 e. The molecule has 1 aromatic carbocycles. The van der Waals surface area contributed by atoms with Crippen LogP contribution in [0.2, 0.25) is 5.02 Å². The van der Waals surface area contributed by atoms with Crippen molar-refractivity contribution in [1.29, 1.82) is 0 Å². The second-order valence-electron chi connectivity index (χ2n) is 8.45. The molecule has 4 rings (SSSR count). The summed E-state index contributed by atoms with van der Waals surface area (Å²) in [7, 11) is 0. The monoisotopic (exact) mass is 525 g/mol. The first-order chi connectivity index (χ1) is 17.2. The van der Waals surface area contributed by atoms with Crippen LogP contribution >= 0.6 is 22.9 Å². The molecule has 3 heterocycles. The Morgan fingerprint density at radius 3 is 2.69 bits per heavy atom. The van der Waals surface area contributed by atoms with Gasteiger partial charge in [0.25, 0.3) is 5.91 Å². The van der Waals surface area contributed by atoms with Gasteiger partial charge >= 0.3 is 5.97 Å². The Morgan fingerprint density at radius 1 is 1.19 bits per heavy atom. The molecule has 36 heavy (non-hydrogen) atoms. The summed E-state index contributed by atoms with van der Waals surface area (Å²) in [6.07, 6.45) is 4.94. The van der Waals surface area contributed by atoms with Crippen LogP contribution in [-0.4, -0.2) is 50.3 Å². The van der Waals surface area contributed by atoms with Crippen molar-refractivity contribution in [1.82, 2.24) is 14.9 Å². The quantitative estimate of drug-likeness (QED) is 0.386. The number of hydrogen-bond acceptors (Lipinski definition) is 7. The zero-order chi connectivity index (χ0) is 25.8. The Labute approximate surface area is 216 Å². The van der Waals surface area contributed by atoms with Gasteiger partial charge in [0.2, 0.25) is 5.91 Å². The first kappa shape index (κ1) is 25.5. The molecule has 2 aromatic heterocycles. The molecular formula is C25H24ClN5O4S. The van der Waals surface area contributed by atoms with Gasteiger partial charge < -0.3 is 15.7 Å². The number of rotatable bonds is 7. The Balaban J connectivity index is 1.52. The van der Waals surface area contributed by atoms with Crippen molar-refractivity contribution < 1.29 is 19.5 Å². The number of anilines is 2.